The number of aromatic hydroxyl groups is 1. The number of pyridine rings is 2. The molecule has 0 bridgehead atoms. The largest absolute Gasteiger partial charge is 0.508 e. The Morgan fingerprint density at radius 2 is 1.85 bits per heavy atom. The van der Waals surface area contributed by atoms with Crippen molar-refractivity contribution in [1.29, 1.82) is 0 Å². The van der Waals surface area contributed by atoms with E-state index in [0.29, 0.717) is 11.6 Å². The zero-order valence-electron chi connectivity index (χ0n) is 13.9. The van der Waals surface area contributed by atoms with Gasteiger partial charge in [0.1, 0.15) is 5.75 Å². The van der Waals surface area contributed by atoms with E-state index < -0.39 is 0 Å². The minimum Gasteiger partial charge on any atom is -0.508 e. The quantitative estimate of drug-likeness (QED) is 0.534. The van der Waals surface area contributed by atoms with Crippen LogP contribution in [0.15, 0.2) is 79.3 Å². The van der Waals surface area contributed by atoms with E-state index >= 15 is 0 Å². The lowest BCUT2D eigenvalue weighted by Crippen LogP contribution is -2.17. The molecule has 0 aliphatic carbocycles. The highest BCUT2D eigenvalue weighted by Gasteiger charge is 2.17. The number of rotatable bonds is 4. The van der Waals surface area contributed by atoms with Gasteiger partial charge in [-0.1, -0.05) is 23.7 Å². The second-order valence-corrected chi connectivity index (χ2v) is 6.34. The summed E-state index contributed by atoms with van der Waals surface area (Å²) in [5, 5.41) is 11.4. The number of anilines is 2. The van der Waals surface area contributed by atoms with Crippen LogP contribution in [0.2, 0.25) is 5.02 Å². The molecule has 128 valence electrons. The molecule has 1 N–H and O–H groups in total. The van der Waals surface area contributed by atoms with Crippen LogP contribution >= 0.6 is 11.6 Å². The van der Waals surface area contributed by atoms with Gasteiger partial charge in [-0.3, -0.25) is 9.97 Å². The molecule has 0 fully saturated rings. The number of aromatic nitrogens is 2. The molecule has 0 amide bonds. The number of nitrogens with zero attached hydrogens (tertiary/aromatic N) is 3. The fourth-order valence-corrected chi connectivity index (χ4v) is 3.30. The molecule has 0 saturated heterocycles. The molecular weight excluding hydrogens is 346 g/mol. The van der Waals surface area contributed by atoms with Crippen molar-refractivity contribution >= 4 is 33.9 Å². The number of benzene rings is 2. The number of halogens is 1. The van der Waals surface area contributed by atoms with Crippen molar-refractivity contribution in [3.63, 3.8) is 0 Å². The van der Waals surface area contributed by atoms with Gasteiger partial charge >= 0.3 is 0 Å². The van der Waals surface area contributed by atoms with Crippen molar-refractivity contribution in [3.8, 4) is 5.75 Å². The van der Waals surface area contributed by atoms with E-state index in [1.54, 1.807) is 30.7 Å². The van der Waals surface area contributed by atoms with Crippen LogP contribution in [0.5, 0.6) is 5.75 Å². The van der Waals surface area contributed by atoms with E-state index in [9.17, 15) is 5.11 Å². The molecule has 2 aromatic heterocycles. The molecule has 0 saturated carbocycles. The maximum absolute atomic E-state index is 9.83. The van der Waals surface area contributed by atoms with Crippen molar-refractivity contribution < 1.29 is 5.11 Å². The van der Waals surface area contributed by atoms with Gasteiger partial charge in [0.25, 0.3) is 0 Å². The minimum absolute atomic E-state index is 0.235. The second-order valence-electron chi connectivity index (χ2n) is 5.93. The Hall–Kier alpha value is -3.11. The first-order valence-corrected chi connectivity index (χ1v) is 8.59. The average Bonchev–Trinajstić information content (AvgIpc) is 2.67. The molecule has 2 heterocycles. The zero-order valence-corrected chi connectivity index (χ0v) is 14.6. The zero-order chi connectivity index (χ0) is 17.9. The van der Waals surface area contributed by atoms with Crippen molar-refractivity contribution in [2.24, 2.45) is 0 Å². The van der Waals surface area contributed by atoms with Crippen molar-refractivity contribution in [2.45, 2.75) is 6.54 Å². The number of hydrogen-bond donors (Lipinski definition) is 1. The van der Waals surface area contributed by atoms with Crippen LogP contribution in [-0.2, 0) is 6.54 Å². The number of phenols is 1. The highest BCUT2D eigenvalue weighted by Crippen LogP contribution is 2.38. The summed E-state index contributed by atoms with van der Waals surface area (Å²) in [6.45, 7) is 0.536. The van der Waals surface area contributed by atoms with Crippen LogP contribution in [0.4, 0.5) is 11.4 Å². The molecular formula is C21H16ClN3O. The van der Waals surface area contributed by atoms with Gasteiger partial charge < -0.3 is 10.0 Å². The molecule has 4 aromatic rings. The summed E-state index contributed by atoms with van der Waals surface area (Å²) < 4.78 is 0. The average molecular weight is 362 g/mol. The molecule has 0 radical (unpaired) electrons. The molecule has 26 heavy (non-hydrogen) atoms. The Labute approximate surface area is 156 Å². The number of fused-ring (bicyclic) bond motifs is 1. The summed E-state index contributed by atoms with van der Waals surface area (Å²) in [7, 11) is 0. The van der Waals surface area contributed by atoms with E-state index in [4.69, 9.17) is 11.6 Å². The van der Waals surface area contributed by atoms with Gasteiger partial charge in [-0.2, -0.15) is 0 Å². The normalized spacial score (nSPS) is 10.8. The third-order valence-electron chi connectivity index (χ3n) is 4.19. The van der Waals surface area contributed by atoms with Crippen molar-refractivity contribution in [3.05, 3.63) is 89.8 Å². The number of hydrogen-bond acceptors (Lipinski definition) is 4. The first-order valence-electron chi connectivity index (χ1n) is 8.21. The smallest absolute Gasteiger partial charge is 0.115 e. The standard InChI is InChI=1S/C21H16ClN3O/c22-19-8-9-20-18(7-3-11-24-20)21(19)25(16-5-2-10-23-13-16)14-15-4-1-6-17(26)12-15/h1-13,26H,14H2. The molecule has 0 spiro atoms. The van der Waals surface area contributed by atoms with Gasteiger partial charge in [0.05, 0.1) is 28.1 Å². The van der Waals surface area contributed by atoms with Crippen molar-refractivity contribution in [1.82, 2.24) is 9.97 Å². The highest BCUT2D eigenvalue weighted by molar-refractivity contribution is 6.35. The first-order chi connectivity index (χ1) is 12.7. The van der Waals surface area contributed by atoms with Crippen LogP contribution in [-0.4, -0.2) is 15.1 Å². The first kappa shape index (κ1) is 16.4. The van der Waals surface area contributed by atoms with E-state index in [-0.39, 0.29) is 5.75 Å². The summed E-state index contributed by atoms with van der Waals surface area (Å²) in [6.07, 6.45) is 5.31. The highest BCUT2D eigenvalue weighted by atomic mass is 35.5. The SMILES string of the molecule is Oc1cccc(CN(c2cccnc2)c2c(Cl)ccc3ncccc23)c1. The van der Waals surface area contributed by atoms with E-state index in [1.165, 1.54) is 0 Å². The monoisotopic (exact) mass is 361 g/mol. The predicted octanol–water partition coefficient (Wildman–Crippen LogP) is 5.33. The summed E-state index contributed by atoms with van der Waals surface area (Å²) in [6, 6.07) is 18.8. The fourth-order valence-electron chi connectivity index (χ4n) is 3.03. The lowest BCUT2D eigenvalue weighted by molar-refractivity contribution is 0.474. The minimum atomic E-state index is 0.235. The van der Waals surface area contributed by atoms with Crippen LogP contribution in [0, 0.1) is 0 Å². The lowest BCUT2D eigenvalue weighted by Gasteiger charge is -2.27. The summed E-state index contributed by atoms with van der Waals surface area (Å²) in [4.78, 5) is 10.8. The third kappa shape index (κ3) is 3.19. The van der Waals surface area contributed by atoms with Gasteiger partial charge in [-0.05, 0) is 54.1 Å². The number of phenolic OH excluding ortho intramolecular Hbond substituents is 1. The maximum Gasteiger partial charge on any atom is 0.115 e. The molecule has 0 atom stereocenters. The van der Waals surface area contributed by atoms with Crippen LogP contribution in [0.1, 0.15) is 5.56 Å². The van der Waals surface area contributed by atoms with Crippen LogP contribution in [0.25, 0.3) is 10.9 Å². The molecule has 5 heteroatoms. The van der Waals surface area contributed by atoms with Gasteiger partial charge in [0, 0.05) is 24.3 Å². The topological polar surface area (TPSA) is 49.2 Å². The Morgan fingerprint density at radius 3 is 2.65 bits per heavy atom. The second kappa shape index (κ2) is 7.02. The van der Waals surface area contributed by atoms with Gasteiger partial charge in [0.15, 0.2) is 0 Å². The van der Waals surface area contributed by atoms with Gasteiger partial charge in [0.2, 0.25) is 0 Å². The Morgan fingerprint density at radius 1 is 0.962 bits per heavy atom. The van der Waals surface area contributed by atoms with Crippen LogP contribution < -0.4 is 4.90 Å². The Bertz CT molecular complexity index is 1050. The summed E-state index contributed by atoms with van der Waals surface area (Å²) in [5.41, 5.74) is 3.62. The Kier molecular flexibility index (Phi) is 4.42. The van der Waals surface area contributed by atoms with Gasteiger partial charge in [-0.25, -0.2) is 0 Å². The lowest BCUT2D eigenvalue weighted by atomic mass is 10.1. The molecule has 4 rings (SSSR count). The summed E-state index contributed by atoms with van der Waals surface area (Å²) in [5.74, 6) is 0.235. The predicted molar refractivity (Wildman–Crippen MR) is 105 cm³/mol. The van der Waals surface area contributed by atoms with Gasteiger partial charge in [-0.15, -0.1) is 0 Å². The molecule has 0 aliphatic heterocycles. The van der Waals surface area contributed by atoms with Crippen molar-refractivity contribution in [2.75, 3.05) is 4.90 Å². The molecule has 0 aliphatic rings. The molecule has 4 nitrogen and oxygen atoms in total. The van der Waals surface area contributed by atoms with Crippen LogP contribution in [0.3, 0.4) is 0 Å². The van der Waals surface area contributed by atoms with E-state index in [1.807, 2.05) is 48.5 Å². The third-order valence-corrected chi connectivity index (χ3v) is 4.49. The van der Waals surface area contributed by atoms with E-state index in [0.717, 1.165) is 27.8 Å². The Balaban J connectivity index is 1.90. The van der Waals surface area contributed by atoms with E-state index in [2.05, 4.69) is 14.9 Å². The maximum atomic E-state index is 9.83. The summed E-state index contributed by atoms with van der Waals surface area (Å²) >= 11 is 6.61. The molecule has 0 unspecified atom stereocenters. The fraction of sp³-hybridized carbons (Fsp3) is 0.0476. The molecule has 2 aromatic carbocycles.